The summed E-state index contributed by atoms with van der Waals surface area (Å²) in [5.41, 5.74) is 2.92. The first-order valence-electron chi connectivity index (χ1n) is 9.05. The fourth-order valence-electron chi connectivity index (χ4n) is 3.07. The quantitative estimate of drug-likeness (QED) is 0.306. The zero-order chi connectivity index (χ0) is 19.9. The van der Waals surface area contributed by atoms with E-state index in [-0.39, 0.29) is 22.4 Å². The van der Waals surface area contributed by atoms with Crippen molar-refractivity contribution in [3.8, 4) is 5.75 Å². The number of carboxylic acid groups (broad SMARTS) is 1. The molecule has 0 spiro atoms. The van der Waals surface area contributed by atoms with Crippen molar-refractivity contribution in [3.05, 3.63) is 64.8 Å². The van der Waals surface area contributed by atoms with Gasteiger partial charge in [0.2, 0.25) is 0 Å². The summed E-state index contributed by atoms with van der Waals surface area (Å²) in [5.74, 6) is -0.436. The van der Waals surface area contributed by atoms with E-state index in [0.717, 1.165) is 39.7 Å². The molecule has 3 N–H and O–H groups in total. The Balaban J connectivity index is 1.49. The molecule has 147 valence electrons. The number of aromatic nitrogens is 1. The molecule has 0 aliphatic carbocycles. The van der Waals surface area contributed by atoms with Gasteiger partial charge in [-0.05, 0) is 0 Å². The minimum absolute atomic E-state index is 0.0594. The van der Waals surface area contributed by atoms with E-state index >= 15 is 0 Å². The molecule has 1 heterocycles. The monoisotopic (exact) mass is 462 g/mol. The molecule has 3 aromatic rings. The van der Waals surface area contributed by atoms with Crippen LogP contribution in [0.3, 0.4) is 0 Å². The number of hydrogen-bond donors (Lipinski definition) is 3. The van der Waals surface area contributed by atoms with Crippen LogP contribution in [0.4, 0.5) is 0 Å². The molecule has 1 atom stereocenters. The number of aliphatic hydroxyl groups excluding tert-OH is 1. The molecule has 7 heteroatoms. The van der Waals surface area contributed by atoms with E-state index in [9.17, 15) is 9.90 Å². The van der Waals surface area contributed by atoms with Gasteiger partial charge in [-0.3, -0.25) is 0 Å². The Labute approximate surface area is 175 Å². The third-order valence-corrected chi connectivity index (χ3v) is 7.24. The standard InChI is InChI=1S/C21H22AsClNO4/c23-16-6-1-4-14(10-16)18(25)11-22-9-3-5-15-12-24-21-17(15)7-2-8-19(21)28-13-20(26)27/h1-2,4,6-8,10,12,18,24-25H,3,5,9,11,13H2,(H,26,27)/t18-/m1/s1. The number of fused-ring (bicyclic) bond motifs is 1. The maximum atomic E-state index is 10.7. The number of H-pyrrole nitrogens is 1. The second-order valence-electron chi connectivity index (χ2n) is 6.48. The summed E-state index contributed by atoms with van der Waals surface area (Å²) in [4.78, 5) is 13.9. The number of halogens is 1. The van der Waals surface area contributed by atoms with Gasteiger partial charge >= 0.3 is 175 Å². The van der Waals surface area contributed by atoms with Gasteiger partial charge in [-0.2, -0.15) is 0 Å². The first kappa shape index (κ1) is 20.8. The third kappa shape index (κ3) is 5.54. The van der Waals surface area contributed by atoms with Gasteiger partial charge in [-0.15, -0.1) is 0 Å². The summed E-state index contributed by atoms with van der Waals surface area (Å²) in [6, 6.07) is 13.1. The number of carbonyl (C=O) groups is 1. The van der Waals surface area contributed by atoms with Crippen molar-refractivity contribution < 1.29 is 19.7 Å². The zero-order valence-electron chi connectivity index (χ0n) is 15.3. The van der Waals surface area contributed by atoms with Crippen LogP contribution in [0.5, 0.6) is 5.75 Å². The molecule has 0 aliphatic rings. The van der Waals surface area contributed by atoms with E-state index in [4.69, 9.17) is 21.4 Å². The summed E-state index contributed by atoms with van der Waals surface area (Å²) in [6.07, 6.45) is 3.51. The van der Waals surface area contributed by atoms with Crippen LogP contribution in [0.2, 0.25) is 15.4 Å². The van der Waals surface area contributed by atoms with Gasteiger partial charge in [0.1, 0.15) is 0 Å². The second kappa shape index (κ2) is 10.0. The molecule has 0 unspecified atom stereocenters. The average Bonchev–Trinajstić information content (AvgIpc) is 3.09. The molecule has 1 radical (unpaired) electrons. The molecular weight excluding hydrogens is 441 g/mol. The number of hydrogen-bond acceptors (Lipinski definition) is 3. The van der Waals surface area contributed by atoms with Crippen molar-refractivity contribution in [3.63, 3.8) is 0 Å². The fraction of sp³-hybridized carbons (Fsp3) is 0.286. The minimum atomic E-state index is -0.993. The van der Waals surface area contributed by atoms with Gasteiger partial charge in [0.15, 0.2) is 0 Å². The molecule has 0 aliphatic heterocycles. The first-order chi connectivity index (χ1) is 13.5. The topological polar surface area (TPSA) is 82.6 Å². The van der Waals surface area contributed by atoms with E-state index in [1.165, 1.54) is 5.56 Å². The summed E-state index contributed by atoms with van der Waals surface area (Å²) < 4.78 is 5.35. The number of aryl methyl sites for hydroxylation is 1. The van der Waals surface area contributed by atoms with Gasteiger partial charge in [-0.25, -0.2) is 0 Å². The molecule has 3 rings (SSSR count). The Kier molecular flexibility index (Phi) is 7.43. The van der Waals surface area contributed by atoms with Crippen LogP contribution in [-0.4, -0.2) is 43.5 Å². The van der Waals surface area contributed by atoms with Crippen molar-refractivity contribution in [2.24, 2.45) is 0 Å². The van der Waals surface area contributed by atoms with Crippen molar-refractivity contribution in [1.29, 1.82) is 0 Å². The number of para-hydroxylation sites is 1. The van der Waals surface area contributed by atoms with Gasteiger partial charge in [0, 0.05) is 0 Å². The molecular formula is C21H22AsClNO4. The Morgan fingerprint density at radius 3 is 2.86 bits per heavy atom. The molecule has 0 saturated heterocycles. The summed E-state index contributed by atoms with van der Waals surface area (Å²) in [6.45, 7) is -0.355. The van der Waals surface area contributed by atoms with E-state index < -0.39 is 12.1 Å². The van der Waals surface area contributed by atoms with Crippen LogP contribution in [0.25, 0.3) is 10.9 Å². The van der Waals surface area contributed by atoms with Crippen LogP contribution in [0, 0.1) is 0 Å². The third-order valence-electron chi connectivity index (χ3n) is 4.41. The molecule has 28 heavy (non-hydrogen) atoms. The molecule has 0 fully saturated rings. The average molecular weight is 463 g/mol. The Hall–Kier alpha value is -1.94. The molecule has 0 amide bonds. The van der Waals surface area contributed by atoms with E-state index in [0.29, 0.717) is 10.8 Å². The number of ether oxygens (including phenoxy) is 1. The van der Waals surface area contributed by atoms with Gasteiger partial charge in [0.25, 0.3) is 0 Å². The predicted octanol–water partition coefficient (Wildman–Crippen LogP) is 4.49. The van der Waals surface area contributed by atoms with Crippen LogP contribution in [-0.2, 0) is 11.2 Å². The number of aromatic amines is 1. The molecule has 5 nitrogen and oxygen atoms in total. The van der Waals surface area contributed by atoms with Crippen LogP contribution >= 0.6 is 11.6 Å². The van der Waals surface area contributed by atoms with E-state index in [2.05, 4.69) is 4.98 Å². The Morgan fingerprint density at radius 2 is 2.07 bits per heavy atom. The number of carboxylic acids is 1. The summed E-state index contributed by atoms with van der Waals surface area (Å²) in [5, 5.41) is 22.7. The first-order valence-corrected chi connectivity index (χ1v) is 12.1. The molecule has 0 bridgehead atoms. The number of aliphatic hydroxyl groups is 1. The van der Waals surface area contributed by atoms with Crippen molar-refractivity contribution in [2.75, 3.05) is 6.61 Å². The number of rotatable bonds is 10. The van der Waals surface area contributed by atoms with Crippen molar-refractivity contribution in [1.82, 2.24) is 4.98 Å². The van der Waals surface area contributed by atoms with Gasteiger partial charge < -0.3 is 0 Å². The number of benzene rings is 2. The zero-order valence-corrected chi connectivity index (χ0v) is 17.9. The van der Waals surface area contributed by atoms with Crippen LogP contribution < -0.4 is 4.74 Å². The van der Waals surface area contributed by atoms with Gasteiger partial charge in [0.05, 0.1) is 0 Å². The summed E-state index contributed by atoms with van der Waals surface area (Å²) in [7, 11) is 0. The second-order valence-corrected chi connectivity index (χ2v) is 9.56. The SMILES string of the molecule is O=C(O)COc1cccc2c(CCC[As]C[C@@H](O)c3cccc(Cl)c3)c[nH]c12. The normalized spacial score (nSPS) is 12.6. The van der Waals surface area contributed by atoms with Gasteiger partial charge in [-0.1, -0.05) is 0 Å². The Bertz CT molecular complexity index is 943. The van der Waals surface area contributed by atoms with E-state index in [1.807, 2.05) is 42.6 Å². The number of aliphatic carboxylic acids is 1. The van der Waals surface area contributed by atoms with Crippen LogP contribution in [0.15, 0.2) is 48.7 Å². The Morgan fingerprint density at radius 1 is 1.25 bits per heavy atom. The summed E-state index contributed by atoms with van der Waals surface area (Å²) >= 11 is 6.04. The predicted molar refractivity (Wildman–Crippen MR) is 112 cm³/mol. The fourth-order valence-corrected chi connectivity index (χ4v) is 5.40. The van der Waals surface area contributed by atoms with Crippen LogP contribution in [0.1, 0.15) is 23.7 Å². The molecule has 2 aromatic carbocycles. The van der Waals surface area contributed by atoms with E-state index in [1.54, 1.807) is 6.07 Å². The molecule has 0 saturated carbocycles. The molecule has 1 aromatic heterocycles. The maximum absolute atomic E-state index is 10.7. The van der Waals surface area contributed by atoms with Crippen molar-refractivity contribution in [2.45, 2.75) is 29.4 Å². The number of nitrogens with one attached hydrogen (secondary N) is 1. The van der Waals surface area contributed by atoms with Crippen molar-refractivity contribution >= 4 is 44.2 Å².